The molecule has 3 aromatic heterocycles. The Hall–Kier alpha value is -6.58. The van der Waals surface area contributed by atoms with Gasteiger partial charge in [-0.1, -0.05) is 121 Å². The summed E-state index contributed by atoms with van der Waals surface area (Å²) in [6.07, 6.45) is 1.73. The molecule has 0 unspecified atom stereocenters. The molecule has 3 nitrogen and oxygen atoms in total. The van der Waals surface area contributed by atoms with Crippen molar-refractivity contribution in [2.45, 2.75) is 0 Å². The Morgan fingerprint density at radius 1 is 0.367 bits per heavy atom. The maximum atomic E-state index is 6.78. The molecule has 0 aliphatic heterocycles. The van der Waals surface area contributed by atoms with Crippen LogP contribution in [0.4, 0.5) is 0 Å². The van der Waals surface area contributed by atoms with Crippen molar-refractivity contribution >= 4 is 76.3 Å². The minimum atomic E-state index is 0.785. The zero-order chi connectivity index (χ0) is 32.1. The van der Waals surface area contributed by atoms with Crippen LogP contribution in [0.2, 0.25) is 0 Å². The predicted molar refractivity (Wildman–Crippen MR) is 204 cm³/mol. The van der Waals surface area contributed by atoms with Gasteiger partial charge in [0.2, 0.25) is 0 Å². The Morgan fingerprint density at radius 3 is 1.69 bits per heavy atom. The van der Waals surface area contributed by atoms with Crippen LogP contribution in [0.25, 0.3) is 104 Å². The summed E-state index contributed by atoms with van der Waals surface area (Å²) in [6.45, 7) is 0. The van der Waals surface area contributed by atoms with E-state index >= 15 is 0 Å². The normalized spacial score (nSPS) is 12.1. The standard InChI is InChI=1S/C46H27NO2/c1-2-12-29(13-3-1)47-39-22-9-8-18-36(39)43-37(20-11-23-40(43)47)41-30-14-4-6-16-32(30)42(33-17-7-5-15-31(33)41)38-21-10-19-34-35-25-24-28-26-27-48-44(28)46(35)49-45(34)38/h1-27H. The molecule has 0 spiro atoms. The minimum Gasteiger partial charge on any atom is -0.460 e. The highest BCUT2D eigenvalue weighted by Gasteiger charge is 2.23. The van der Waals surface area contributed by atoms with Gasteiger partial charge in [-0.2, -0.15) is 0 Å². The highest BCUT2D eigenvalue weighted by atomic mass is 16.4. The van der Waals surface area contributed by atoms with E-state index in [1.807, 2.05) is 6.07 Å². The first-order chi connectivity index (χ1) is 24.3. The Labute approximate surface area is 280 Å². The molecule has 0 bridgehead atoms. The van der Waals surface area contributed by atoms with Gasteiger partial charge >= 0.3 is 0 Å². The third-order valence-electron chi connectivity index (χ3n) is 10.3. The molecule has 11 aromatic rings. The zero-order valence-corrected chi connectivity index (χ0v) is 26.4. The van der Waals surface area contributed by atoms with Gasteiger partial charge < -0.3 is 13.4 Å². The first-order valence-electron chi connectivity index (χ1n) is 16.7. The van der Waals surface area contributed by atoms with Crippen LogP contribution >= 0.6 is 0 Å². The second kappa shape index (κ2) is 9.96. The first-order valence-corrected chi connectivity index (χ1v) is 16.7. The molecule has 0 amide bonds. The van der Waals surface area contributed by atoms with Crippen molar-refractivity contribution < 1.29 is 8.83 Å². The second-order valence-electron chi connectivity index (χ2n) is 12.8. The van der Waals surface area contributed by atoms with Gasteiger partial charge in [0, 0.05) is 43.7 Å². The SMILES string of the molecule is c1ccc(-n2c3ccccc3c3c(-c4c5ccccc5c(-c5cccc6c5oc5c6ccc6ccoc65)c5ccccc45)cccc32)cc1. The Kier molecular flexibility index (Phi) is 5.38. The summed E-state index contributed by atoms with van der Waals surface area (Å²) in [7, 11) is 0. The predicted octanol–water partition coefficient (Wildman–Crippen LogP) is 13.1. The van der Waals surface area contributed by atoms with Gasteiger partial charge in [-0.15, -0.1) is 0 Å². The molecule has 0 saturated heterocycles. The van der Waals surface area contributed by atoms with Crippen molar-refractivity contribution in [1.82, 2.24) is 4.57 Å². The second-order valence-corrected chi connectivity index (χ2v) is 12.8. The van der Waals surface area contributed by atoms with Gasteiger partial charge in [0.1, 0.15) is 5.58 Å². The van der Waals surface area contributed by atoms with Gasteiger partial charge in [-0.3, -0.25) is 0 Å². The number of fused-ring (bicyclic) bond motifs is 10. The van der Waals surface area contributed by atoms with E-state index in [2.05, 4.69) is 156 Å². The molecule has 11 rings (SSSR count). The maximum Gasteiger partial charge on any atom is 0.178 e. The quantitative estimate of drug-likeness (QED) is 0.183. The fourth-order valence-corrected chi connectivity index (χ4v) is 8.27. The summed E-state index contributed by atoms with van der Waals surface area (Å²) in [5, 5.41) is 10.5. The Morgan fingerprint density at radius 2 is 0.939 bits per heavy atom. The van der Waals surface area contributed by atoms with E-state index in [0.29, 0.717) is 0 Å². The van der Waals surface area contributed by atoms with E-state index < -0.39 is 0 Å². The van der Waals surface area contributed by atoms with Gasteiger partial charge in [-0.05, 0) is 69.1 Å². The van der Waals surface area contributed by atoms with Crippen LogP contribution in [0.1, 0.15) is 0 Å². The van der Waals surface area contributed by atoms with Crippen molar-refractivity contribution in [2.75, 3.05) is 0 Å². The van der Waals surface area contributed by atoms with E-state index in [-0.39, 0.29) is 0 Å². The molecule has 0 atom stereocenters. The molecule has 3 heteroatoms. The maximum absolute atomic E-state index is 6.78. The summed E-state index contributed by atoms with van der Waals surface area (Å²) in [5.74, 6) is 0. The molecule has 0 aliphatic rings. The fourth-order valence-electron chi connectivity index (χ4n) is 8.27. The van der Waals surface area contributed by atoms with Gasteiger partial charge in [-0.25, -0.2) is 0 Å². The lowest BCUT2D eigenvalue weighted by Gasteiger charge is -2.18. The van der Waals surface area contributed by atoms with Crippen molar-refractivity contribution in [1.29, 1.82) is 0 Å². The number of hydrogen-bond donors (Lipinski definition) is 0. The van der Waals surface area contributed by atoms with Crippen LogP contribution in [-0.4, -0.2) is 4.57 Å². The van der Waals surface area contributed by atoms with E-state index in [9.17, 15) is 0 Å². The smallest absolute Gasteiger partial charge is 0.178 e. The molecule has 0 saturated carbocycles. The van der Waals surface area contributed by atoms with Crippen molar-refractivity contribution in [3.63, 3.8) is 0 Å². The van der Waals surface area contributed by atoms with Gasteiger partial charge in [0.05, 0.1) is 17.3 Å². The summed E-state index contributed by atoms with van der Waals surface area (Å²) in [6, 6.07) is 56.7. The van der Waals surface area contributed by atoms with E-state index in [1.165, 1.54) is 60.0 Å². The molecule has 3 heterocycles. The number of aromatic nitrogens is 1. The summed E-state index contributed by atoms with van der Waals surface area (Å²) in [5.41, 5.74) is 10.7. The highest BCUT2D eigenvalue weighted by molar-refractivity contribution is 6.28. The number of furan rings is 2. The molecule has 0 fully saturated rings. The van der Waals surface area contributed by atoms with Crippen molar-refractivity contribution in [3.8, 4) is 27.9 Å². The number of para-hydroxylation sites is 3. The van der Waals surface area contributed by atoms with E-state index in [1.54, 1.807) is 6.26 Å². The Bertz CT molecular complexity index is 3050. The summed E-state index contributed by atoms with van der Waals surface area (Å²) >= 11 is 0. The average Bonchev–Trinajstić information content (AvgIpc) is 3.88. The van der Waals surface area contributed by atoms with Gasteiger partial charge in [0.25, 0.3) is 0 Å². The first kappa shape index (κ1) is 26.5. The number of nitrogens with zero attached hydrogens (tertiary/aromatic N) is 1. The van der Waals surface area contributed by atoms with Crippen LogP contribution in [0.15, 0.2) is 173 Å². The molecule has 0 N–H and O–H groups in total. The number of hydrogen-bond acceptors (Lipinski definition) is 2. The average molecular weight is 626 g/mol. The molecule has 49 heavy (non-hydrogen) atoms. The zero-order valence-electron chi connectivity index (χ0n) is 26.4. The van der Waals surface area contributed by atoms with Gasteiger partial charge in [0.15, 0.2) is 11.2 Å². The summed E-state index contributed by atoms with van der Waals surface area (Å²) < 4.78 is 15.1. The van der Waals surface area contributed by atoms with E-state index in [0.717, 1.165) is 44.2 Å². The number of rotatable bonds is 3. The Balaban J connectivity index is 1.28. The molecule has 0 radical (unpaired) electrons. The lowest BCUT2D eigenvalue weighted by atomic mass is 9.84. The van der Waals surface area contributed by atoms with Crippen molar-refractivity contribution in [3.05, 3.63) is 164 Å². The largest absolute Gasteiger partial charge is 0.460 e. The molecule has 228 valence electrons. The molecular weight excluding hydrogens is 599 g/mol. The van der Waals surface area contributed by atoms with Crippen LogP contribution in [0, 0.1) is 0 Å². The van der Waals surface area contributed by atoms with Crippen molar-refractivity contribution in [2.24, 2.45) is 0 Å². The molecular formula is C46H27NO2. The van der Waals surface area contributed by atoms with E-state index in [4.69, 9.17) is 8.83 Å². The molecule has 0 aliphatic carbocycles. The molecule has 8 aromatic carbocycles. The minimum absolute atomic E-state index is 0.785. The lowest BCUT2D eigenvalue weighted by Crippen LogP contribution is -1.94. The third-order valence-corrected chi connectivity index (χ3v) is 10.3. The van der Waals surface area contributed by atoms with Crippen LogP contribution < -0.4 is 0 Å². The van der Waals surface area contributed by atoms with Crippen LogP contribution in [0.5, 0.6) is 0 Å². The topological polar surface area (TPSA) is 31.2 Å². The van der Waals surface area contributed by atoms with Crippen LogP contribution in [0.3, 0.4) is 0 Å². The van der Waals surface area contributed by atoms with Crippen LogP contribution in [-0.2, 0) is 0 Å². The lowest BCUT2D eigenvalue weighted by molar-refractivity contribution is 0.600. The summed E-state index contributed by atoms with van der Waals surface area (Å²) in [4.78, 5) is 0. The number of benzene rings is 8. The fraction of sp³-hybridized carbons (Fsp3) is 0. The third kappa shape index (κ3) is 3.62. The highest BCUT2D eigenvalue weighted by Crippen LogP contribution is 2.49. The monoisotopic (exact) mass is 625 g/mol.